The standard InChI is InChI=1S/C26H33N5O4S2/c1-5-29(6-2)37(33,34)22-12-9-11-21(16-22)25-27-28-26(31(25)19(3)17-35-4)36-18-24(32)30-15-14-20-10-7-8-13-23(20)30/h7-13,16,19H,5-6,14-15,17-18H2,1-4H3/t19-/m0/s1. The van der Waals surface area contributed by atoms with Crippen LogP contribution in [0.25, 0.3) is 11.4 Å². The molecule has 0 saturated heterocycles. The van der Waals surface area contributed by atoms with Crippen LogP contribution in [0.15, 0.2) is 58.6 Å². The summed E-state index contributed by atoms with van der Waals surface area (Å²) in [5.74, 6) is 0.753. The van der Waals surface area contributed by atoms with E-state index >= 15 is 0 Å². The smallest absolute Gasteiger partial charge is 0.243 e. The number of rotatable bonds is 11. The van der Waals surface area contributed by atoms with Crippen molar-refractivity contribution in [2.75, 3.05) is 44.0 Å². The van der Waals surface area contributed by atoms with Gasteiger partial charge >= 0.3 is 0 Å². The van der Waals surface area contributed by atoms with Gasteiger partial charge in [-0.3, -0.25) is 9.36 Å². The predicted molar refractivity (Wildman–Crippen MR) is 145 cm³/mol. The van der Waals surface area contributed by atoms with E-state index in [1.165, 1.54) is 21.6 Å². The van der Waals surface area contributed by atoms with Crippen LogP contribution >= 0.6 is 11.8 Å². The van der Waals surface area contributed by atoms with Gasteiger partial charge in [-0.25, -0.2) is 8.42 Å². The summed E-state index contributed by atoms with van der Waals surface area (Å²) in [5.41, 5.74) is 2.78. The third kappa shape index (κ3) is 5.59. The second kappa shape index (κ2) is 11.8. The minimum Gasteiger partial charge on any atom is -0.383 e. The van der Waals surface area contributed by atoms with Gasteiger partial charge in [0.1, 0.15) is 0 Å². The summed E-state index contributed by atoms with van der Waals surface area (Å²) in [6.07, 6.45) is 0.852. The van der Waals surface area contributed by atoms with E-state index in [4.69, 9.17) is 4.74 Å². The number of aromatic nitrogens is 3. The SMILES string of the molecule is CCN(CC)S(=O)(=O)c1cccc(-c2nnc(SCC(=O)N3CCc4ccccc43)n2[C@@H](C)COC)c1. The summed E-state index contributed by atoms with van der Waals surface area (Å²) in [6, 6.07) is 14.6. The molecule has 0 N–H and O–H groups in total. The zero-order valence-corrected chi connectivity index (χ0v) is 23.3. The van der Waals surface area contributed by atoms with E-state index < -0.39 is 10.0 Å². The summed E-state index contributed by atoms with van der Waals surface area (Å²) in [4.78, 5) is 15.1. The number of anilines is 1. The molecule has 37 heavy (non-hydrogen) atoms. The first-order valence-corrected chi connectivity index (χ1v) is 14.8. The van der Waals surface area contributed by atoms with Crippen LogP contribution in [0, 0.1) is 0 Å². The highest BCUT2D eigenvalue weighted by Crippen LogP contribution is 2.32. The molecule has 11 heteroatoms. The van der Waals surface area contributed by atoms with Crippen molar-refractivity contribution in [3.05, 3.63) is 54.1 Å². The van der Waals surface area contributed by atoms with E-state index in [9.17, 15) is 13.2 Å². The molecule has 2 heterocycles. The maximum Gasteiger partial charge on any atom is 0.243 e. The zero-order valence-electron chi connectivity index (χ0n) is 21.6. The number of para-hydroxylation sites is 1. The van der Waals surface area contributed by atoms with Crippen molar-refractivity contribution in [2.24, 2.45) is 0 Å². The Bertz CT molecular complexity index is 1350. The highest BCUT2D eigenvalue weighted by molar-refractivity contribution is 7.99. The van der Waals surface area contributed by atoms with E-state index in [1.807, 2.05) is 54.5 Å². The molecule has 0 saturated carbocycles. The first-order chi connectivity index (χ1) is 17.8. The van der Waals surface area contributed by atoms with Gasteiger partial charge in [-0.05, 0) is 37.1 Å². The molecular weight excluding hydrogens is 510 g/mol. The quantitative estimate of drug-likeness (QED) is 0.339. The number of carbonyl (C=O) groups excluding carboxylic acids is 1. The molecule has 1 amide bonds. The summed E-state index contributed by atoms with van der Waals surface area (Å²) in [5, 5.41) is 9.38. The van der Waals surface area contributed by atoms with Gasteiger partial charge < -0.3 is 9.64 Å². The number of nitrogens with zero attached hydrogens (tertiary/aromatic N) is 5. The van der Waals surface area contributed by atoms with E-state index in [0.29, 0.717) is 42.8 Å². The molecule has 0 unspecified atom stereocenters. The van der Waals surface area contributed by atoms with Crippen molar-refractivity contribution < 1.29 is 17.9 Å². The van der Waals surface area contributed by atoms with E-state index in [2.05, 4.69) is 16.3 Å². The van der Waals surface area contributed by atoms with Crippen molar-refractivity contribution in [2.45, 2.75) is 43.3 Å². The molecule has 3 aromatic rings. The van der Waals surface area contributed by atoms with Crippen LogP contribution in [0.4, 0.5) is 5.69 Å². The average molecular weight is 544 g/mol. The van der Waals surface area contributed by atoms with Crippen molar-refractivity contribution in [1.82, 2.24) is 19.1 Å². The number of thioether (sulfide) groups is 1. The molecule has 1 aliphatic heterocycles. The van der Waals surface area contributed by atoms with Crippen LogP contribution in [-0.2, 0) is 26.0 Å². The van der Waals surface area contributed by atoms with Crippen LogP contribution in [0.5, 0.6) is 0 Å². The third-order valence-corrected chi connectivity index (χ3v) is 9.44. The summed E-state index contributed by atoms with van der Waals surface area (Å²) in [7, 11) is -2.00. The molecule has 9 nitrogen and oxygen atoms in total. The second-order valence-electron chi connectivity index (χ2n) is 8.81. The molecule has 0 bridgehead atoms. The second-order valence-corrected chi connectivity index (χ2v) is 11.7. The van der Waals surface area contributed by atoms with Crippen molar-refractivity contribution in [1.29, 1.82) is 0 Å². The fourth-order valence-electron chi connectivity index (χ4n) is 4.60. The minimum absolute atomic E-state index is 0.0118. The minimum atomic E-state index is -3.63. The lowest BCUT2D eigenvalue weighted by atomic mass is 10.2. The number of carbonyl (C=O) groups is 1. The lowest BCUT2D eigenvalue weighted by Gasteiger charge is -2.20. The number of fused-ring (bicyclic) bond motifs is 1. The lowest BCUT2D eigenvalue weighted by molar-refractivity contribution is -0.116. The fraction of sp³-hybridized carbons (Fsp3) is 0.423. The number of amides is 1. The topological polar surface area (TPSA) is 97.6 Å². The monoisotopic (exact) mass is 543 g/mol. The van der Waals surface area contributed by atoms with Gasteiger partial charge in [0, 0.05) is 38.0 Å². The highest BCUT2D eigenvalue weighted by Gasteiger charge is 2.27. The summed E-state index contributed by atoms with van der Waals surface area (Å²) < 4.78 is 35.0. The van der Waals surface area contributed by atoms with Crippen LogP contribution in [0.2, 0.25) is 0 Å². The van der Waals surface area contributed by atoms with Crippen LogP contribution in [0.3, 0.4) is 0 Å². The van der Waals surface area contributed by atoms with Gasteiger partial charge in [-0.2, -0.15) is 4.31 Å². The average Bonchev–Trinajstić information content (AvgIpc) is 3.53. The normalized spacial score (nSPS) is 14.2. The first kappa shape index (κ1) is 27.3. The number of benzene rings is 2. The Morgan fingerprint density at radius 2 is 1.89 bits per heavy atom. The third-order valence-electron chi connectivity index (χ3n) is 6.46. The van der Waals surface area contributed by atoms with Gasteiger partial charge in [0.25, 0.3) is 0 Å². The summed E-state index contributed by atoms with van der Waals surface area (Å²) >= 11 is 1.32. The number of hydrogen-bond donors (Lipinski definition) is 0. The van der Waals surface area contributed by atoms with Gasteiger partial charge in [0.05, 0.1) is 23.3 Å². The maximum absolute atomic E-state index is 13.1. The fourth-order valence-corrected chi connectivity index (χ4v) is 7.01. The first-order valence-electron chi connectivity index (χ1n) is 12.4. The van der Waals surface area contributed by atoms with E-state index in [0.717, 1.165) is 12.1 Å². The Hall–Kier alpha value is -2.73. The maximum atomic E-state index is 13.1. The Morgan fingerprint density at radius 1 is 1.14 bits per heavy atom. The molecule has 0 radical (unpaired) electrons. The molecule has 0 fully saturated rings. The van der Waals surface area contributed by atoms with Crippen molar-refractivity contribution in [3.63, 3.8) is 0 Å². The Labute approximate surface area is 222 Å². The Kier molecular flexibility index (Phi) is 8.68. The number of hydrogen-bond acceptors (Lipinski definition) is 7. The molecule has 2 aromatic carbocycles. The van der Waals surface area contributed by atoms with Gasteiger partial charge in [0.15, 0.2) is 11.0 Å². The molecule has 0 aliphatic carbocycles. The molecule has 1 aliphatic rings. The van der Waals surface area contributed by atoms with Crippen LogP contribution < -0.4 is 4.90 Å². The molecule has 4 rings (SSSR count). The van der Waals surface area contributed by atoms with Crippen molar-refractivity contribution >= 4 is 33.4 Å². The number of methoxy groups -OCH3 is 1. The molecule has 198 valence electrons. The predicted octanol–water partition coefficient (Wildman–Crippen LogP) is 3.86. The zero-order chi connectivity index (χ0) is 26.6. The molecule has 1 aromatic heterocycles. The summed E-state index contributed by atoms with van der Waals surface area (Å²) in [6.45, 7) is 7.48. The molecule has 1 atom stereocenters. The number of ether oxygens (including phenoxy) is 1. The lowest BCUT2D eigenvalue weighted by Crippen LogP contribution is -2.30. The molecule has 0 spiro atoms. The Morgan fingerprint density at radius 3 is 2.62 bits per heavy atom. The van der Waals surface area contributed by atoms with Gasteiger partial charge in [-0.1, -0.05) is 55.9 Å². The highest BCUT2D eigenvalue weighted by atomic mass is 32.2. The largest absolute Gasteiger partial charge is 0.383 e. The van der Waals surface area contributed by atoms with E-state index in [1.54, 1.807) is 25.3 Å². The van der Waals surface area contributed by atoms with Crippen LogP contribution in [-0.4, -0.2) is 72.5 Å². The van der Waals surface area contributed by atoms with Crippen LogP contribution in [0.1, 0.15) is 32.4 Å². The number of sulfonamides is 1. The van der Waals surface area contributed by atoms with Crippen molar-refractivity contribution in [3.8, 4) is 11.4 Å². The Balaban J connectivity index is 1.62. The van der Waals surface area contributed by atoms with Gasteiger partial charge in [-0.15, -0.1) is 10.2 Å². The van der Waals surface area contributed by atoms with Gasteiger partial charge in [0.2, 0.25) is 15.9 Å². The molecular formula is C26H33N5O4S2. The van der Waals surface area contributed by atoms with E-state index in [-0.39, 0.29) is 22.6 Å².